The number of amides is 1. The van der Waals surface area contributed by atoms with Gasteiger partial charge in [-0.05, 0) is 30.5 Å². The van der Waals surface area contributed by atoms with Crippen LogP contribution in [0.1, 0.15) is 30.7 Å². The number of nitrogens with one attached hydrogen (secondary N) is 3. The van der Waals surface area contributed by atoms with Crippen LogP contribution in [0.5, 0.6) is 0 Å². The molecule has 0 spiro atoms. The highest BCUT2D eigenvalue weighted by molar-refractivity contribution is 5.93. The van der Waals surface area contributed by atoms with Gasteiger partial charge in [0.2, 0.25) is 5.91 Å². The van der Waals surface area contributed by atoms with Gasteiger partial charge in [0.05, 0.1) is 6.54 Å². The molecule has 3 N–H and O–H groups in total. The molecule has 1 amide bonds. The summed E-state index contributed by atoms with van der Waals surface area (Å²) < 4.78 is 0. The summed E-state index contributed by atoms with van der Waals surface area (Å²) in [6.07, 6.45) is 6.78. The molecule has 1 heterocycles. The normalized spacial score (nSPS) is 14.7. The smallest absolute Gasteiger partial charge is 0.227 e. The van der Waals surface area contributed by atoms with E-state index in [2.05, 4.69) is 20.6 Å². The van der Waals surface area contributed by atoms with E-state index >= 15 is 0 Å². The van der Waals surface area contributed by atoms with Crippen LogP contribution in [0.25, 0.3) is 0 Å². The van der Waals surface area contributed by atoms with Crippen molar-refractivity contribution in [2.75, 3.05) is 5.32 Å². The van der Waals surface area contributed by atoms with Crippen molar-refractivity contribution in [3.05, 3.63) is 48.0 Å². The summed E-state index contributed by atoms with van der Waals surface area (Å²) in [5, 5.41) is 6.33. The Hall–Kier alpha value is -2.14. The largest absolute Gasteiger partial charge is 0.348 e. The Morgan fingerprint density at radius 3 is 2.95 bits per heavy atom. The summed E-state index contributed by atoms with van der Waals surface area (Å²) in [4.78, 5) is 19.2. The third-order valence-corrected chi connectivity index (χ3v) is 3.85. The van der Waals surface area contributed by atoms with Gasteiger partial charge in [0.25, 0.3) is 0 Å². The van der Waals surface area contributed by atoms with Gasteiger partial charge in [-0.2, -0.15) is 0 Å². The van der Waals surface area contributed by atoms with Gasteiger partial charge in [-0.3, -0.25) is 4.79 Å². The van der Waals surface area contributed by atoms with Crippen LogP contribution in [0.3, 0.4) is 0 Å². The monoisotopic (exact) mass is 284 g/mol. The standard InChI is InChI=1S/C16H20N4O/c21-16(13-4-2-5-13)20-14-6-1-3-12(9-14)10-17-11-15-18-7-8-19-15/h1,3,6-9,13,17H,2,4-5,10-11H2,(H,18,19)(H,20,21). The maximum absolute atomic E-state index is 11.9. The van der Waals surface area contributed by atoms with Gasteiger partial charge in [-0.15, -0.1) is 0 Å². The van der Waals surface area contributed by atoms with Crippen molar-refractivity contribution in [1.29, 1.82) is 0 Å². The molecule has 21 heavy (non-hydrogen) atoms. The number of aromatic amines is 1. The first kappa shape index (κ1) is 13.8. The van der Waals surface area contributed by atoms with E-state index in [1.807, 2.05) is 30.5 Å². The molecule has 1 aliphatic rings. The molecule has 0 aliphatic heterocycles. The summed E-state index contributed by atoms with van der Waals surface area (Å²) >= 11 is 0. The van der Waals surface area contributed by atoms with E-state index in [4.69, 9.17) is 0 Å². The average Bonchev–Trinajstić information content (AvgIpc) is 2.90. The van der Waals surface area contributed by atoms with Gasteiger partial charge in [0, 0.05) is 30.5 Å². The molecule has 0 unspecified atom stereocenters. The molecular formula is C16H20N4O. The number of nitrogens with zero attached hydrogens (tertiary/aromatic N) is 1. The lowest BCUT2D eigenvalue weighted by Gasteiger charge is -2.24. The zero-order chi connectivity index (χ0) is 14.5. The molecule has 1 fully saturated rings. The van der Waals surface area contributed by atoms with Crippen molar-refractivity contribution in [2.45, 2.75) is 32.4 Å². The van der Waals surface area contributed by atoms with E-state index in [9.17, 15) is 4.79 Å². The Labute approximate surface area is 124 Å². The van der Waals surface area contributed by atoms with Crippen LogP contribution in [0.2, 0.25) is 0 Å². The van der Waals surface area contributed by atoms with Crippen molar-refractivity contribution in [3.8, 4) is 0 Å². The molecule has 5 heteroatoms. The Morgan fingerprint density at radius 2 is 2.24 bits per heavy atom. The van der Waals surface area contributed by atoms with Gasteiger partial charge >= 0.3 is 0 Å². The molecular weight excluding hydrogens is 264 g/mol. The molecule has 1 aliphatic carbocycles. The average molecular weight is 284 g/mol. The van der Waals surface area contributed by atoms with Crippen LogP contribution in [0.15, 0.2) is 36.7 Å². The Morgan fingerprint density at radius 1 is 1.33 bits per heavy atom. The molecule has 0 radical (unpaired) electrons. The Bertz CT molecular complexity index is 590. The topological polar surface area (TPSA) is 69.8 Å². The predicted octanol–water partition coefficient (Wildman–Crippen LogP) is 2.44. The van der Waals surface area contributed by atoms with Gasteiger partial charge in [0.1, 0.15) is 5.82 Å². The fraction of sp³-hybridized carbons (Fsp3) is 0.375. The molecule has 0 bridgehead atoms. The number of rotatable bonds is 6. The highest BCUT2D eigenvalue weighted by Gasteiger charge is 2.25. The maximum atomic E-state index is 11.9. The van der Waals surface area contributed by atoms with Gasteiger partial charge in [0.15, 0.2) is 0 Å². The van der Waals surface area contributed by atoms with E-state index in [0.717, 1.165) is 36.5 Å². The SMILES string of the molecule is O=C(Nc1cccc(CNCc2ncc[nH]2)c1)C1CCC1. The molecule has 1 aromatic carbocycles. The number of imidazole rings is 1. The molecule has 1 saturated carbocycles. The second kappa shape index (κ2) is 6.54. The van der Waals surface area contributed by atoms with E-state index in [1.165, 1.54) is 6.42 Å². The van der Waals surface area contributed by atoms with Crippen LogP contribution >= 0.6 is 0 Å². The van der Waals surface area contributed by atoms with E-state index in [0.29, 0.717) is 6.54 Å². The molecule has 0 saturated heterocycles. The number of hydrogen-bond acceptors (Lipinski definition) is 3. The number of hydrogen-bond donors (Lipinski definition) is 3. The number of H-pyrrole nitrogens is 1. The van der Waals surface area contributed by atoms with E-state index in [-0.39, 0.29) is 11.8 Å². The first-order valence-corrected chi connectivity index (χ1v) is 7.40. The number of aromatic nitrogens is 2. The van der Waals surface area contributed by atoms with Crippen molar-refractivity contribution >= 4 is 11.6 Å². The summed E-state index contributed by atoms with van der Waals surface area (Å²) in [7, 11) is 0. The summed E-state index contributed by atoms with van der Waals surface area (Å²) in [6, 6.07) is 7.98. The summed E-state index contributed by atoms with van der Waals surface area (Å²) in [6.45, 7) is 1.44. The first-order valence-electron chi connectivity index (χ1n) is 7.40. The minimum Gasteiger partial charge on any atom is -0.348 e. The van der Waals surface area contributed by atoms with Gasteiger partial charge < -0.3 is 15.6 Å². The molecule has 2 aromatic rings. The van der Waals surface area contributed by atoms with Gasteiger partial charge in [-0.1, -0.05) is 18.6 Å². The third kappa shape index (κ3) is 3.70. The number of benzene rings is 1. The predicted molar refractivity (Wildman–Crippen MR) is 81.5 cm³/mol. The second-order valence-electron chi connectivity index (χ2n) is 5.46. The third-order valence-electron chi connectivity index (χ3n) is 3.85. The van der Waals surface area contributed by atoms with E-state index < -0.39 is 0 Å². The van der Waals surface area contributed by atoms with E-state index in [1.54, 1.807) is 6.20 Å². The van der Waals surface area contributed by atoms with Crippen molar-refractivity contribution in [2.24, 2.45) is 5.92 Å². The van der Waals surface area contributed by atoms with Crippen LogP contribution in [0, 0.1) is 5.92 Å². The van der Waals surface area contributed by atoms with Crippen LogP contribution in [0.4, 0.5) is 5.69 Å². The summed E-state index contributed by atoms with van der Waals surface area (Å²) in [5.74, 6) is 1.29. The highest BCUT2D eigenvalue weighted by Crippen LogP contribution is 2.27. The lowest BCUT2D eigenvalue weighted by molar-refractivity contribution is -0.122. The van der Waals surface area contributed by atoms with Crippen LogP contribution in [-0.4, -0.2) is 15.9 Å². The Balaban J connectivity index is 1.51. The molecule has 1 aromatic heterocycles. The first-order chi connectivity index (χ1) is 10.3. The molecule has 0 atom stereocenters. The number of anilines is 1. The summed E-state index contributed by atoms with van der Waals surface area (Å²) in [5.41, 5.74) is 2.03. The molecule has 3 rings (SSSR count). The molecule has 110 valence electrons. The quantitative estimate of drug-likeness (QED) is 0.763. The lowest BCUT2D eigenvalue weighted by Crippen LogP contribution is -2.28. The second-order valence-corrected chi connectivity index (χ2v) is 5.46. The minimum absolute atomic E-state index is 0.155. The van der Waals surface area contributed by atoms with Crippen LogP contribution in [-0.2, 0) is 17.9 Å². The Kier molecular flexibility index (Phi) is 4.31. The minimum atomic E-state index is 0.155. The maximum Gasteiger partial charge on any atom is 0.227 e. The lowest BCUT2D eigenvalue weighted by atomic mass is 9.85. The zero-order valence-corrected chi connectivity index (χ0v) is 11.9. The molecule has 5 nitrogen and oxygen atoms in total. The van der Waals surface area contributed by atoms with Gasteiger partial charge in [-0.25, -0.2) is 4.98 Å². The number of carbonyl (C=O) groups is 1. The van der Waals surface area contributed by atoms with Crippen molar-refractivity contribution < 1.29 is 4.79 Å². The number of carbonyl (C=O) groups excluding carboxylic acids is 1. The van der Waals surface area contributed by atoms with Crippen molar-refractivity contribution in [3.63, 3.8) is 0 Å². The highest BCUT2D eigenvalue weighted by atomic mass is 16.1. The fourth-order valence-electron chi connectivity index (χ4n) is 2.39. The zero-order valence-electron chi connectivity index (χ0n) is 11.9. The fourth-order valence-corrected chi connectivity index (χ4v) is 2.39. The van der Waals surface area contributed by atoms with Crippen LogP contribution < -0.4 is 10.6 Å². The van der Waals surface area contributed by atoms with Crippen molar-refractivity contribution in [1.82, 2.24) is 15.3 Å².